The fraction of sp³-hybridized carbons (Fsp3) is 0.533. The van der Waals surface area contributed by atoms with E-state index < -0.39 is 0 Å². The summed E-state index contributed by atoms with van der Waals surface area (Å²) in [5.74, 6) is 1.24. The van der Waals surface area contributed by atoms with Crippen LogP contribution in [-0.2, 0) is 4.74 Å². The maximum absolute atomic E-state index is 11.8. The van der Waals surface area contributed by atoms with E-state index in [1.54, 1.807) is 18.2 Å². The van der Waals surface area contributed by atoms with E-state index in [1.807, 2.05) is 13.8 Å². The largest absolute Gasteiger partial charge is 0.490 e. The minimum absolute atomic E-state index is 0.0640. The van der Waals surface area contributed by atoms with Gasteiger partial charge in [-0.25, -0.2) is 0 Å². The second-order valence-electron chi connectivity index (χ2n) is 4.21. The molecule has 0 spiro atoms. The summed E-state index contributed by atoms with van der Waals surface area (Å²) in [6, 6.07) is 5.25. The van der Waals surface area contributed by atoms with Gasteiger partial charge in [-0.05, 0) is 31.0 Å². The molecule has 1 aromatic carbocycles. The van der Waals surface area contributed by atoms with Gasteiger partial charge in [0.05, 0.1) is 13.2 Å². The minimum atomic E-state index is -0.0640. The summed E-state index contributed by atoms with van der Waals surface area (Å²) in [5, 5.41) is 0. The van der Waals surface area contributed by atoms with Gasteiger partial charge in [0.25, 0.3) is 0 Å². The smallest absolute Gasteiger partial charge is 0.188 e. The van der Waals surface area contributed by atoms with E-state index in [0.717, 1.165) is 12.8 Å². The Hall–Kier alpha value is -1.55. The van der Waals surface area contributed by atoms with Crippen LogP contribution in [0.3, 0.4) is 0 Å². The van der Waals surface area contributed by atoms with Crippen molar-refractivity contribution in [2.45, 2.75) is 26.7 Å². The van der Waals surface area contributed by atoms with Gasteiger partial charge in [-0.1, -0.05) is 13.8 Å². The third-order valence-electron chi connectivity index (χ3n) is 2.46. The Balaban J connectivity index is 2.89. The molecule has 0 aromatic heterocycles. The average Bonchev–Trinajstić information content (AvgIpc) is 2.43. The van der Waals surface area contributed by atoms with Crippen LogP contribution in [-0.4, -0.2) is 32.7 Å². The molecule has 0 fully saturated rings. The average molecular weight is 266 g/mol. The Morgan fingerprint density at radius 2 is 1.68 bits per heavy atom. The maximum Gasteiger partial charge on any atom is 0.188 e. The topological polar surface area (TPSA) is 44.8 Å². The second kappa shape index (κ2) is 8.53. The molecule has 0 saturated carbocycles. The van der Waals surface area contributed by atoms with Crippen molar-refractivity contribution in [1.29, 1.82) is 0 Å². The molecule has 0 aliphatic heterocycles. The van der Waals surface area contributed by atoms with Crippen LogP contribution in [0.1, 0.15) is 37.0 Å². The monoisotopic (exact) mass is 266 g/mol. The van der Waals surface area contributed by atoms with Crippen LogP contribution in [0.4, 0.5) is 0 Å². The molecule has 0 amide bonds. The van der Waals surface area contributed by atoms with Crippen molar-refractivity contribution in [3.63, 3.8) is 0 Å². The molecule has 0 aliphatic rings. The SMILES string of the molecule is CCCOc1ccc(C(=O)COC)cc1OCCC. The number of ketones is 1. The van der Waals surface area contributed by atoms with Crippen molar-refractivity contribution < 1.29 is 19.0 Å². The van der Waals surface area contributed by atoms with Crippen LogP contribution >= 0.6 is 0 Å². The molecule has 0 aliphatic carbocycles. The lowest BCUT2D eigenvalue weighted by Crippen LogP contribution is -2.08. The molecule has 0 saturated heterocycles. The van der Waals surface area contributed by atoms with Crippen LogP contribution in [0, 0.1) is 0 Å². The zero-order chi connectivity index (χ0) is 14.1. The van der Waals surface area contributed by atoms with Crippen LogP contribution in [0.2, 0.25) is 0 Å². The van der Waals surface area contributed by atoms with Gasteiger partial charge < -0.3 is 14.2 Å². The number of carbonyl (C=O) groups is 1. The Morgan fingerprint density at radius 1 is 1.05 bits per heavy atom. The first-order chi connectivity index (χ1) is 9.22. The lowest BCUT2D eigenvalue weighted by molar-refractivity contribution is 0.0847. The van der Waals surface area contributed by atoms with Gasteiger partial charge in [0.2, 0.25) is 0 Å². The molecule has 19 heavy (non-hydrogen) atoms. The van der Waals surface area contributed by atoms with E-state index in [-0.39, 0.29) is 12.4 Å². The maximum atomic E-state index is 11.8. The molecule has 0 radical (unpaired) electrons. The molecular formula is C15H22O4. The fourth-order valence-electron chi connectivity index (χ4n) is 1.55. The molecule has 4 heteroatoms. The van der Waals surface area contributed by atoms with E-state index in [2.05, 4.69) is 0 Å². The Kier molecular flexibility index (Phi) is 6.97. The fourth-order valence-corrected chi connectivity index (χ4v) is 1.55. The molecule has 4 nitrogen and oxygen atoms in total. The number of benzene rings is 1. The molecule has 0 atom stereocenters. The molecule has 1 aromatic rings. The zero-order valence-corrected chi connectivity index (χ0v) is 11.9. The highest BCUT2D eigenvalue weighted by atomic mass is 16.5. The molecule has 0 unspecified atom stereocenters. The summed E-state index contributed by atoms with van der Waals surface area (Å²) >= 11 is 0. The summed E-state index contributed by atoms with van der Waals surface area (Å²) < 4.78 is 16.1. The van der Waals surface area contributed by atoms with E-state index in [0.29, 0.717) is 30.3 Å². The molecule has 0 N–H and O–H groups in total. The van der Waals surface area contributed by atoms with Crippen molar-refractivity contribution in [2.24, 2.45) is 0 Å². The van der Waals surface area contributed by atoms with Crippen molar-refractivity contribution in [2.75, 3.05) is 26.9 Å². The minimum Gasteiger partial charge on any atom is -0.490 e. The third-order valence-corrected chi connectivity index (χ3v) is 2.46. The highest BCUT2D eigenvalue weighted by Gasteiger charge is 2.11. The molecule has 0 bridgehead atoms. The first-order valence-corrected chi connectivity index (χ1v) is 6.64. The summed E-state index contributed by atoms with van der Waals surface area (Å²) in [6.45, 7) is 5.39. The van der Waals surface area contributed by atoms with Crippen LogP contribution in [0.15, 0.2) is 18.2 Å². The zero-order valence-electron chi connectivity index (χ0n) is 11.9. The first-order valence-electron chi connectivity index (χ1n) is 6.64. The third kappa shape index (κ3) is 4.91. The van der Waals surface area contributed by atoms with Gasteiger partial charge in [0.15, 0.2) is 17.3 Å². The van der Waals surface area contributed by atoms with Gasteiger partial charge in [0, 0.05) is 12.7 Å². The summed E-state index contributed by atoms with van der Waals surface area (Å²) in [7, 11) is 1.51. The summed E-state index contributed by atoms with van der Waals surface area (Å²) in [6.07, 6.45) is 1.83. The number of Topliss-reactive ketones (excluding diaryl/α,β-unsaturated/α-hetero) is 1. The normalized spacial score (nSPS) is 10.3. The standard InChI is InChI=1S/C15H22O4/c1-4-8-18-14-7-6-12(13(16)11-17-3)10-15(14)19-9-5-2/h6-7,10H,4-5,8-9,11H2,1-3H3. The van der Waals surface area contributed by atoms with E-state index >= 15 is 0 Å². The Morgan fingerprint density at radius 3 is 2.26 bits per heavy atom. The van der Waals surface area contributed by atoms with Crippen molar-refractivity contribution in [3.05, 3.63) is 23.8 Å². The van der Waals surface area contributed by atoms with Crippen molar-refractivity contribution in [1.82, 2.24) is 0 Å². The van der Waals surface area contributed by atoms with Gasteiger partial charge >= 0.3 is 0 Å². The number of methoxy groups -OCH3 is 1. The lowest BCUT2D eigenvalue weighted by atomic mass is 10.1. The van der Waals surface area contributed by atoms with Gasteiger partial charge in [-0.2, -0.15) is 0 Å². The molecule has 1 rings (SSSR count). The van der Waals surface area contributed by atoms with Crippen LogP contribution in [0.25, 0.3) is 0 Å². The number of hydrogen-bond acceptors (Lipinski definition) is 4. The lowest BCUT2D eigenvalue weighted by Gasteiger charge is -2.13. The van der Waals surface area contributed by atoms with Crippen LogP contribution < -0.4 is 9.47 Å². The van der Waals surface area contributed by atoms with Crippen molar-refractivity contribution >= 4 is 5.78 Å². The second-order valence-corrected chi connectivity index (χ2v) is 4.21. The predicted molar refractivity (Wildman–Crippen MR) is 74.2 cm³/mol. The highest BCUT2D eigenvalue weighted by molar-refractivity contribution is 5.97. The molecule has 0 heterocycles. The molecular weight excluding hydrogens is 244 g/mol. The quantitative estimate of drug-likeness (QED) is 0.644. The predicted octanol–water partition coefficient (Wildman–Crippen LogP) is 3.09. The summed E-state index contributed by atoms with van der Waals surface area (Å²) in [5.41, 5.74) is 0.580. The molecule has 106 valence electrons. The van der Waals surface area contributed by atoms with E-state index in [1.165, 1.54) is 7.11 Å². The summed E-state index contributed by atoms with van der Waals surface area (Å²) in [4.78, 5) is 11.8. The Bertz CT molecular complexity index is 401. The highest BCUT2D eigenvalue weighted by Crippen LogP contribution is 2.29. The van der Waals surface area contributed by atoms with Gasteiger partial charge in [-0.15, -0.1) is 0 Å². The van der Waals surface area contributed by atoms with Crippen molar-refractivity contribution in [3.8, 4) is 11.5 Å². The number of carbonyl (C=O) groups excluding carboxylic acids is 1. The van der Waals surface area contributed by atoms with Gasteiger partial charge in [0.1, 0.15) is 6.61 Å². The number of rotatable bonds is 9. The van der Waals surface area contributed by atoms with E-state index in [9.17, 15) is 4.79 Å². The van der Waals surface area contributed by atoms with E-state index in [4.69, 9.17) is 14.2 Å². The Labute approximate surface area is 114 Å². The number of hydrogen-bond donors (Lipinski definition) is 0. The van der Waals surface area contributed by atoms with Gasteiger partial charge in [-0.3, -0.25) is 4.79 Å². The number of ether oxygens (including phenoxy) is 3. The first kappa shape index (κ1) is 15.5. The van der Waals surface area contributed by atoms with Crippen LogP contribution in [0.5, 0.6) is 11.5 Å².